The molecule has 0 aliphatic heterocycles. The molecule has 0 saturated heterocycles. The average molecular weight is 482 g/mol. The molecule has 0 unspecified atom stereocenters. The summed E-state index contributed by atoms with van der Waals surface area (Å²) in [4.78, 5) is 13.6. The van der Waals surface area contributed by atoms with Gasteiger partial charge in [-0.2, -0.15) is 5.10 Å². The lowest BCUT2D eigenvalue weighted by Gasteiger charge is -2.21. The van der Waals surface area contributed by atoms with Crippen LogP contribution in [0.1, 0.15) is 0 Å². The minimum absolute atomic E-state index is 0.112. The molecule has 0 fully saturated rings. The Balaban J connectivity index is 1.74. The number of nitrogens with one attached hydrogen (secondary N) is 1. The molecule has 9 heteroatoms. The van der Waals surface area contributed by atoms with Crippen molar-refractivity contribution in [2.45, 2.75) is 0 Å². The fourth-order valence-corrected chi connectivity index (χ4v) is 3.81. The maximum Gasteiger partial charge on any atom is 0.323 e. The number of anilines is 3. The second-order valence-corrected chi connectivity index (χ2v) is 7.64. The highest BCUT2D eigenvalue weighted by Crippen LogP contribution is 2.37. The van der Waals surface area contributed by atoms with Crippen LogP contribution in [0.15, 0.2) is 65.1 Å². The Morgan fingerprint density at radius 1 is 1.13 bits per heavy atom. The maximum absolute atomic E-state index is 12.2. The quantitative estimate of drug-likeness (QED) is 0.342. The van der Waals surface area contributed by atoms with Gasteiger partial charge in [0.05, 0.1) is 16.8 Å². The second-order valence-electron chi connectivity index (χ2n) is 6.72. The molecule has 31 heavy (non-hydrogen) atoms. The van der Waals surface area contributed by atoms with Crippen LogP contribution in [0.3, 0.4) is 0 Å². The van der Waals surface area contributed by atoms with E-state index in [0.29, 0.717) is 28.5 Å². The number of aromatic nitrogens is 2. The van der Waals surface area contributed by atoms with Crippen LogP contribution in [0.2, 0.25) is 0 Å². The molecule has 158 valence electrons. The van der Waals surface area contributed by atoms with E-state index in [1.807, 2.05) is 60.7 Å². The van der Waals surface area contributed by atoms with Crippen LogP contribution in [-0.2, 0) is 4.74 Å². The summed E-state index contributed by atoms with van der Waals surface area (Å²) in [5.74, 6) is 0.959. The molecule has 0 aliphatic rings. The van der Waals surface area contributed by atoms with Crippen molar-refractivity contribution in [3.05, 3.63) is 65.1 Å². The molecular weight excluding hydrogens is 462 g/mol. The zero-order chi connectivity index (χ0) is 22.0. The summed E-state index contributed by atoms with van der Waals surface area (Å²) in [6.45, 7) is 0.112. The Bertz CT molecular complexity index is 1240. The third kappa shape index (κ3) is 4.05. The van der Waals surface area contributed by atoms with E-state index in [1.165, 1.54) is 4.90 Å². The number of fused-ring (bicyclic) bond motifs is 1. The Morgan fingerprint density at radius 2 is 1.90 bits per heavy atom. The van der Waals surface area contributed by atoms with Crippen molar-refractivity contribution in [3.63, 3.8) is 0 Å². The fourth-order valence-electron chi connectivity index (χ4n) is 3.42. The molecule has 0 atom stereocenters. The summed E-state index contributed by atoms with van der Waals surface area (Å²) in [6, 6.07) is 18.0. The number of H-pyrrole nitrogens is 1. The second kappa shape index (κ2) is 8.66. The summed E-state index contributed by atoms with van der Waals surface area (Å²) >= 11 is 3.42. The Kier molecular flexibility index (Phi) is 5.79. The van der Waals surface area contributed by atoms with Crippen molar-refractivity contribution in [2.24, 2.45) is 5.73 Å². The molecule has 4 rings (SSSR count). The largest absolute Gasteiger partial charge is 0.465 e. The lowest BCUT2D eigenvalue weighted by molar-refractivity contribution is 0.0521. The topological polar surface area (TPSA) is 119 Å². The zero-order valence-electron chi connectivity index (χ0n) is 16.6. The van der Waals surface area contributed by atoms with Gasteiger partial charge in [0.15, 0.2) is 12.6 Å². The molecule has 1 aromatic heterocycles. The number of primary amides is 1. The highest BCUT2D eigenvalue weighted by molar-refractivity contribution is 9.10. The van der Waals surface area contributed by atoms with Gasteiger partial charge in [0.1, 0.15) is 11.3 Å². The third-order valence-electron chi connectivity index (χ3n) is 4.77. The number of amides is 2. The van der Waals surface area contributed by atoms with Crippen LogP contribution in [0, 0.1) is 0 Å². The van der Waals surface area contributed by atoms with Gasteiger partial charge >= 0.3 is 6.03 Å². The first-order chi connectivity index (χ1) is 15.0. The Hall–Kier alpha value is -3.56. The van der Waals surface area contributed by atoms with Crippen LogP contribution < -0.4 is 21.1 Å². The summed E-state index contributed by atoms with van der Waals surface area (Å²) in [5, 5.41) is 7.79. The van der Waals surface area contributed by atoms with E-state index in [9.17, 15) is 4.79 Å². The smallest absolute Gasteiger partial charge is 0.323 e. The molecule has 2 amide bonds. The fraction of sp³-hybridized carbons (Fsp3) is 0.0909. The highest BCUT2D eigenvalue weighted by atomic mass is 79.9. The van der Waals surface area contributed by atoms with Gasteiger partial charge in [0.2, 0.25) is 0 Å². The van der Waals surface area contributed by atoms with Crippen molar-refractivity contribution in [1.29, 1.82) is 0 Å². The molecule has 0 bridgehead atoms. The summed E-state index contributed by atoms with van der Waals surface area (Å²) in [5.41, 5.74) is 15.5. The number of ether oxygens (including phenoxy) is 2. The number of nitrogens with two attached hydrogens (primary N) is 2. The van der Waals surface area contributed by atoms with Crippen LogP contribution >= 0.6 is 15.9 Å². The third-order valence-corrected chi connectivity index (χ3v) is 5.26. The number of carbonyl (C=O) groups is 1. The first kappa shape index (κ1) is 20.7. The van der Waals surface area contributed by atoms with Crippen LogP contribution in [-0.4, -0.2) is 30.1 Å². The highest BCUT2D eigenvalue weighted by Gasteiger charge is 2.17. The summed E-state index contributed by atoms with van der Waals surface area (Å²) < 4.78 is 11.4. The van der Waals surface area contributed by atoms with E-state index >= 15 is 0 Å². The number of benzene rings is 3. The monoisotopic (exact) mass is 481 g/mol. The lowest BCUT2D eigenvalue weighted by atomic mass is 10.0. The average Bonchev–Trinajstić information content (AvgIpc) is 3.15. The Labute approximate surface area is 186 Å². The van der Waals surface area contributed by atoms with E-state index in [4.69, 9.17) is 20.9 Å². The molecular formula is C22H20BrN5O3. The minimum Gasteiger partial charge on any atom is -0.465 e. The number of halogens is 1. The standard InChI is InChI=1S/C22H20BrN5O3/c1-30-12-31-18-10-9-17(19-20(18)26-27-21(19)24)13-5-7-15(8-6-13)28(22(25)29)16-4-2-3-14(23)11-16/h2-11H,12H2,1H3,(H2,25,29)(H3,24,26,27). The number of urea groups is 1. The number of methoxy groups -OCH3 is 1. The van der Waals surface area contributed by atoms with Crippen LogP contribution in [0.5, 0.6) is 5.75 Å². The molecule has 1 heterocycles. The molecule has 3 aromatic carbocycles. The van der Waals surface area contributed by atoms with E-state index < -0.39 is 6.03 Å². The van der Waals surface area contributed by atoms with E-state index in [0.717, 1.165) is 21.0 Å². The number of rotatable bonds is 6. The van der Waals surface area contributed by atoms with Crippen molar-refractivity contribution >= 4 is 50.1 Å². The molecule has 5 N–H and O–H groups in total. The summed E-state index contributed by atoms with van der Waals surface area (Å²) in [6.07, 6.45) is 0. The normalized spacial score (nSPS) is 10.9. The van der Waals surface area contributed by atoms with Gasteiger partial charge in [-0.25, -0.2) is 4.79 Å². The van der Waals surface area contributed by atoms with Crippen molar-refractivity contribution in [2.75, 3.05) is 24.5 Å². The van der Waals surface area contributed by atoms with Gasteiger partial charge in [-0.05, 0) is 53.6 Å². The number of carbonyl (C=O) groups excluding carboxylic acids is 1. The summed E-state index contributed by atoms with van der Waals surface area (Å²) in [7, 11) is 1.55. The van der Waals surface area contributed by atoms with Crippen LogP contribution in [0.25, 0.3) is 22.0 Å². The van der Waals surface area contributed by atoms with Crippen molar-refractivity contribution < 1.29 is 14.3 Å². The zero-order valence-corrected chi connectivity index (χ0v) is 18.2. The SMILES string of the molecule is COCOc1ccc(-c2ccc(N(C(N)=O)c3cccc(Br)c3)cc2)c2c(N)n[nH]c12. The maximum atomic E-state index is 12.2. The van der Waals surface area contributed by atoms with Gasteiger partial charge in [0.25, 0.3) is 0 Å². The van der Waals surface area contributed by atoms with Crippen LogP contribution in [0.4, 0.5) is 22.0 Å². The first-order valence-electron chi connectivity index (χ1n) is 9.33. The number of hydrogen-bond donors (Lipinski definition) is 3. The molecule has 0 radical (unpaired) electrons. The van der Waals surface area contributed by atoms with Gasteiger partial charge < -0.3 is 20.9 Å². The lowest BCUT2D eigenvalue weighted by Crippen LogP contribution is -2.31. The predicted octanol–water partition coefficient (Wildman–Crippen LogP) is 4.77. The van der Waals surface area contributed by atoms with Gasteiger partial charge in [0, 0.05) is 11.6 Å². The molecule has 0 aliphatic carbocycles. The van der Waals surface area contributed by atoms with E-state index in [-0.39, 0.29) is 6.79 Å². The number of hydrogen-bond acceptors (Lipinski definition) is 5. The molecule has 8 nitrogen and oxygen atoms in total. The first-order valence-corrected chi connectivity index (χ1v) is 10.1. The molecule has 0 spiro atoms. The number of nitrogens with zero attached hydrogens (tertiary/aromatic N) is 2. The minimum atomic E-state index is -0.577. The molecule has 4 aromatic rings. The van der Waals surface area contributed by atoms with Gasteiger partial charge in [-0.1, -0.05) is 34.1 Å². The number of aromatic amines is 1. The van der Waals surface area contributed by atoms with Gasteiger partial charge in [-0.3, -0.25) is 10.00 Å². The predicted molar refractivity (Wildman–Crippen MR) is 124 cm³/mol. The van der Waals surface area contributed by atoms with E-state index in [2.05, 4.69) is 26.1 Å². The Morgan fingerprint density at radius 3 is 2.58 bits per heavy atom. The number of nitrogen functional groups attached to an aromatic ring is 1. The molecule has 0 saturated carbocycles. The van der Waals surface area contributed by atoms with Crippen molar-refractivity contribution in [1.82, 2.24) is 10.2 Å². The van der Waals surface area contributed by atoms with Gasteiger partial charge in [-0.15, -0.1) is 0 Å². The van der Waals surface area contributed by atoms with E-state index in [1.54, 1.807) is 7.11 Å². The van der Waals surface area contributed by atoms with Crippen molar-refractivity contribution in [3.8, 4) is 16.9 Å².